The van der Waals surface area contributed by atoms with Crippen LogP contribution >= 0.6 is 0 Å². The fourth-order valence-electron chi connectivity index (χ4n) is 5.31. The smallest absolute Gasteiger partial charge is 0.222 e. The largest absolute Gasteiger partial charge is 0.368 e. The molecule has 0 N–H and O–H groups in total. The molecule has 5 rings (SSSR count). The van der Waals surface area contributed by atoms with E-state index in [1.54, 1.807) is 0 Å². The number of benzene rings is 2. The summed E-state index contributed by atoms with van der Waals surface area (Å²) < 4.78 is 2.22. The number of hydrogen-bond acceptors (Lipinski definition) is 4. The van der Waals surface area contributed by atoms with Gasteiger partial charge in [0.05, 0.1) is 17.6 Å². The SMILES string of the molecule is Cn1c(CN2CCC(CCC(=O)N3CCN(c4ccccc4)CC3)CC2)nc2ccccc21. The van der Waals surface area contributed by atoms with E-state index in [0.29, 0.717) is 18.2 Å². The van der Waals surface area contributed by atoms with Crippen LogP contribution < -0.4 is 4.90 Å². The molecular weight excluding hydrogens is 410 g/mol. The van der Waals surface area contributed by atoms with E-state index in [2.05, 4.69) is 74.8 Å². The van der Waals surface area contributed by atoms with Gasteiger partial charge in [-0.15, -0.1) is 0 Å². The van der Waals surface area contributed by atoms with E-state index >= 15 is 0 Å². The minimum absolute atomic E-state index is 0.338. The van der Waals surface area contributed by atoms with Gasteiger partial charge in [0.2, 0.25) is 5.91 Å². The molecule has 0 aliphatic carbocycles. The molecule has 2 aromatic carbocycles. The molecule has 3 aromatic rings. The van der Waals surface area contributed by atoms with Crippen molar-refractivity contribution in [3.05, 3.63) is 60.4 Å². The summed E-state index contributed by atoms with van der Waals surface area (Å²) in [6.45, 7) is 6.62. The lowest BCUT2D eigenvalue weighted by Gasteiger charge is -2.36. The molecule has 0 saturated carbocycles. The Labute approximate surface area is 196 Å². The van der Waals surface area contributed by atoms with Gasteiger partial charge in [-0.2, -0.15) is 0 Å². The Morgan fingerprint density at radius 3 is 2.33 bits per heavy atom. The number of aromatic nitrogens is 2. The van der Waals surface area contributed by atoms with Crippen LogP contribution in [0.4, 0.5) is 5.69 Å². The molecule has 0 unspecified atom stereocenters. The van der Waals surface area contributed by atoms with E-state index in [-0.39, 0.29) is 0 Å². The van der Waals surface area contributed by atoms with Gasteiger partial charge in [-0.1, -0.05) is 30.3 Å². The molecule has 1 amide bonds. The average Bonchev–Trinajstić information content (AvgIpc) is 3.19. The fourth-order valence-corrected chi connectivity index (χ4v) is 5.31. The maximum absolute atomic E-state index is 12.8. The van der Waals surface area contributed by atoms with Crippen LogP contribution in [-0.4, -0.2) is 64.5 Å². The van der Waals surface area contributed by atoms with Gasteiger partial charge in [0.25, 0.3) is 0 Å². The van der Waals surface area contributed by atoms with Crippen molar-refractivity contribution in [1.29, 1.82) is 0 Å². The predicted molar refractivity (Wildman–Crippen MR) is 133 cm³/mol. The molecule has 2 saturated heterocycles. The van der Waals surface area contributed by atoms with E-state index in [9.17, 15) is 4.79 Å². The lowest BCUT2D eigenvalue weighted by molar-refractivity contribution is -0.131. The number of carbonyl (C=O) groups is 1. The lowest BCUT2D eigenvalue weighted by atomic mass is 9.92. The van der Waals surface area contributed by atoms with Gasteiger partial charge in [0.1, 0.15) is 5.82 Å². The third-order valence-electron chi connectivity index (χ3n) is 7.47. The van der Waals surface area contributed by atoms with Crippen molar-refractivity contribution >= 4 is 22.6 Å². The first-order valence-corrected chi connectivity index (χ1v) is 12.4. The van der Waals surface area contributed by atoms with Gasteiger partial charge >= 0.3 is 0 Å². The molecule has 1 aromatic heterocycles. The topological polar surface area (TPSA) is 44.6 Å². The van der Waals surface area contributed by atoms with Crippen molar-refractivity contribution in [2.45, 2.75) is 32.2 Å². The van der Waals surface area contributed by atoms with E-state index < -0.39 is 0 Å². The average molecular weight is 446 g/mol. The van der Waals surface area contributed by atoms with E-state index in [4.69, 9.17) is 4.98 Å². The first kappa shape index (κ1) is 22.0. The monoisotopic (exact) mass is 445 g/mol. The van der Waals surface area contributed by atoms with Crippen LogP contribution in [0, 0.1) is 5.92 Å². The number of imidazole rings is 1. The number of amides is 1. The number of aryl methyl sites for hydroxylation is 1. The summed E-state index contributed by atoms with van der Waals surface area (Å²) in [7, 11) is 2.11. The third-order valence-corrected chi connectivity index (χ3v) is 7.47. The molecular formula is C27H35N5O. The second kappa shape index (κ2) is 9.96. The fraction of sp³-hybridized carbons (Fsp3) is 0.481. The summed E-state index contributed by atoms with van der Waals surface area (Å²) in [4.78, 5) is 24.6. The van der Waals surface area contributed by atoms with Crippen molar-refractivity contribution in [3.63, 3.8) is 0 Å². The second-order valence-corrected chi connectivity index (χ2v) is 9.54. The first-order valence-electron chi connectivity index (χ1n) is 12.4. The van der Waals surface area contributed by atoms with Gasteiger partial charge in [0, 0.05) is 45.3 Å². The van der Waals surface area contributed by atoms with Crippen LogP contribution in [0.2, 0.25) is 0 Å². The number of anilines is 1. The van der Waals surface area contributed by atoms with Gasteiger partial charge in [-0.25, -0.2) is 4.98 Å². The summed E-state index contributed by atoms with van der Waals surface area (Å²) in [5.41, 5.74) is 3.54. The zero-order chi connectivity index (χ0) is 22.6. The first-order chi connectivity index (χ1) is 16.2. The molecule has 2 fully saturated rings. The van der Waals surface area contributed by atoms with Gasteiger partial charge in [-0.05, 0) is 62.5 Å². The van der Waals surface area contributed by atoms with E-state index in [1.165, 1.54) is 24.0 Å². The summed E-state index contributed by atoms with van der Waals surface area (Å²) in [5.74, 6) is 2.14. The molecule has 3 heterocycles. The van der Waals surface area contributed by atoms with Crippen LogP contribution in [0.25, 0.3) is 11.0 Å². The Morgan fingerprint density at radius 2 is 1.61 bits per heavy atom. The Kier molecular flexibility index (Phi) is 6.63. The standard InChI is InChI=1S/C27H35N5O/c1-29-25-10-6-5-9-24(25)28-26(29)21-30-15-13-22(14-16-30)11-12-27(33)32-19-17-31(18-20-32)23-7-3-2-4-8-23/h2-10,22H,11-21H2,1H3. The molecule has 0 bridgehead atoms. The highest BCUT2D eigenvalue weighted by molar-refractivity contribution is 5.76. The van der Waals surface area contributed by atoms with Gasteiger partial charge < -0.3 is 14.4 Å². The molecule has 0 atom stereocenters. The number of nitrogens with zero attached hydrogens (tertiary/aromatic N) is 5. The highest BCUT2D eigenvalue weighted by atomic mass is 16.2. The van der Waals surface area contributed by atoms with Gasteiger partial charge in [0.15, 0.2) is 0 Å². The van der Waals surface area contributed by atoms with Crippen LogP contribution in [0.1, 0.15) is 31.5 Å². The zero-order valence-corrected chi connectivity index (χ0v) is 19.7. The molecule has 6 nitrogen and oxygen atoms in total. The Morgan fingerprint density at radius 1 is 0.909 bits per heavy atom. The summed E-state index contributed by atoms with van der Waals surface area (Å²) in [6.07, 6.45) is 4.08. The Balaban J connectivity index is 1.04. The number of carbonyl (C=O) groups excluding carboxylic acids is 1. The summed E-state index contributed by atoms with van der Waals surface area (Å²) in [5, 5.41) is 0. The molecule has 0 radical (unpaired) electrons. The highest BCUT2D eigenvalue weighted by Crippen LogP contribution is 2.25. The number of fused-ring (bicyclic) bond motifs is 1. The Bertz CT molecular complexity index is 1060. The molecule has 2 aliphatic rings. The van der Waals surface area contributed by atoms with Crippen LogP contribution in [0.15, 0.2) is 54.6 Å². The minimum Gasteiger partial charge on any atom is -0.368 e. The lowest BCUT2D eigenvalue weighted by Crippen LogP contribution is -2.48. The third kappa shape index (κ3) is 5.06. The van der Waals surface area contributed by atoms with E-state index in [0.717, 1.165) is 63.6 Å². The van der Waals surface area contributed by atoms with Crippen molar-refractivity contribution in [2.24, 2.45) is 13.0 Å². The zero-order valence-electron chi connectivity index (χ0n) is 19.7. The van der Waals surface area contributed by atoms with E-state index in [1.807, 2.05) is 6.07 Å². The maximum Gasteiger partial charge on any atom is 0.222 e. The normalized spacial score (nSPS) is 18.2. The van der Waals surface area contributed by atoms with Crippen molar-refractivity contribution in [1.82, 2.24) is 19.4 Å². The number of piperidine rings is 1. The number of piperazine rings is 1. The molecule has 6 heteroatoms. The molecule has 33 heavy (non-hydrogen) atoms. The highest BCUT2D eigenvalue weighted by Gasteiger charge is 2.24. The summed E-state index contributed by atoms with van der Waals surface area (Å²) in [6, 6.07) is 18.9. The molecule has 0 spiro atoms. The summed E-state index contributed by atoms with van der Waals surface area (Å²) >= 11 is 0. The Hall–Kier alpha value is -2.86. The van der Waals surface area contributed by atoms with Gasteiger partial charge in [-0.3, -0.25) is 9.69 Å². The second-order valence-electron chi connectivity index (χ2n) is 9.54. The number of likely N-dealkylation sites (tertiary alicyclic amines) is 1. The minimum atomic E-state index is 0.338. The van der Waals surface area contributed by atoms with Crippen molar-refractivity contribution in [2.75, 3.05) is 44.2 Å². The maximum atomic E-state index is 12.8. The molecule has 174 valence electrons. The predicted octanol–water partition coefficient (Wildman–Crippen LogP) is 3.91. The number of hydrogen-bond donors (Lipinski definition) is 0. The number of para-hydroxylation sites is 3. The van der Waals surface area contributed by atoms with Crippen LogP contribution in [0.5, 0.6) is 0 Å². The van der Waals surface area contributed by atoms with Crippen molar-refractivity contribution in [3.8, 4) is 0 Å². The van der Waals surface area contributed by atoms with Crippen LogP contribution in [0.3, 0.4) is 0 Å². The van der Waals surface area contributed by atoms with Crippen LogP contribution in [-0.2, 0) is 18.4 Å². The number of rotatable bonds is 6. The molecule has 2 aliphatic heterocycles. The van der Waals surface area contributed by atoms with Crippen molar-refractivity contribution < 1.29 is 4.79 Å². The quantitative estimate of drug-likeness (QED) is 0.577.